The van der Waals surface area contributed by atoms with Crippen LogP contribution in [0.25, 0.3) is 0 Å². The number of benzene rings is 2. The van der Waals surface area contributed by atoms with Gasteiger partial charge in [0.25, 0.3) is 5.91 Å². The maximum absolute atomic E-state index is 14.5. The number of carbonyl (C=O) groups is 5. The first-order chi connectivity index (χ1) is 26.4. The van der Waals surface area contributed by atoms with Crippen molar-refractivity contribution in [3.8, 4) is 0 Å². The molecule has 4 aliphatic rings. The molecule has 2 saturated heterocycles. The molecule has 1 aliphatic carbocycles. The van der Waals surface area contributed by atoms with E-state index >= 15 is 0 Å². The quantitative estimate of drug-likeness (QED) is 0.378. The summed E-state index contributed by atoms with van der Waals surface area (Å²) in [7, 11) is -4.33. The number of ether oxygens (including phenoxy) is 2. The minimum Gasteiger partial charge on any atom is -0.444 e. The second kappa shape index (κ2) is 16.4. The topological polar surface area (TPSA) is 181 Å². The van der Waals surface area contributed by atoms with Crippen molar-refractivity contribution in [2.45, 2.75) is 127 Å². The molecule has 3 heterocycles. The van der Waals surface area contributed by atoms with E-state index in [0.717, 1.165) is 25.3 Å². The van der Waals surface area contributed by atoms with Gasteiger partial charge in [-0.05, 0) is 75.3 Å². The van der Waals surface area contributed by atoms with Crippen molar-refractivity contribution < 1.29 is 50.6 Å². The number of amides is 5. The van der Waals surface area contributed by atoms with Crippen LogP contribution in [0.5, 0.6) is 0 Å². The Kier molecular flexibility index (Phi) is 11.9. The van der Waals surface area contributed by atoms with E-state index in [4.69, 9.17) is 9.47 Å². The Morgan fingerprint density at radius 1 is 0.982 bits per heavy atom. The van der Waals surface area contributed by atoms with E-state index in [0.29, 0.717) is 30.4 Å². The molecule has 2 aromatic rings. The van der Waals surface area contributed by atoms with Crippen LogP contribution in [-0.2, 0) is 52.7 Å². The zero-order valence-corrected chi connectivity index (χ0v) is 32.6. The van der Waals surface area contributed by atoms with Gasteiger partial charge in [0.15, 0.2) is 0 Å². The summed E-state index contributed by atoms with van der Waals surface area (Å²) in [5.41, 5.74) is -1.35. The van der Waals surface area contributed by atoms with Crippen LogP contribution in [-0.4, -0.2) is 84.0 Å². The van der Waals surface area contributed by atoms with Gasteiger partial charge in [0, 0.05) is 18.5 Å². The Balaban J connectivity index is 1.24. The molecular formula is C39H49F2N5O9S. The fourth-order valence-electron chi connectivity index (χ4n) is 7.86. The summed E-state index contributed by atoms with van der Waals surface area (Å²) in [5, 5.41) is 5.45. The third-order valence-corrected chi connectivity index (χ3v) is 11.9. The van der Waals surface area contributed by atoms with E-state index in [-0.39, 0.29) is 44.5 Å². The summed E-state index contributed by atoms with van der Waals surface area (Å²) in [5.74, 6) is -4.50. The van der Waals surface area contributed by atoms with Crippen LogP contribution in [0.2, 0.25) is 0 Å². The summed E-state index contributed by atoms with van der Waals surface area (Å²) in [4.78, 5) is 71.4. The lowest BCUT2D eigenvalue weighted by molar-refractivity contribution is -0.141. The molecule has 0 radical (unpaired) electrons. The highest BCUT2D eigenvalue weighted by atomic mass is 32.2. The number of rotatable bonds is 6. The van der Waals surface area contributed by atoms with Crippen molar-refractivity contribution in [2.75, 3.05) is 6.54 Å². The van der Waals surface area contributed by atoms with Gasteiger partial charge in [-0.3, -0.25) is 24.0 Å². The van der Waals surface area contributed by atoms with Crippen molar-refractivity contribution in [3.05, 3.63) is 70.8 Å². The van der Waals surface area contributed by atoms with Crippen molar-refractivity contribution in [1.29, 1.82) is 0 Å². The van der Waals surface area contributed by atoms with Crippen LogP contribution in [0, 0.1) is 17.6 Å². The standard InChI is InChI=1S/C39H49F2N5O9S/c1-38(2,3)55-36(50)42-31-16-8-6-4-5-7-13-26-19-39(26,35(49)44-56(52,53)23-24-11-9-14-27(40)17-24)43-33(47)32-18-28(21-46(32)34(31)48)54-37(51)45-20-25-12-10-15-30(41)29(25)22-45/h9-12,14-15,17,26,28,31-32H,4-8,13,16,18-23H2,1-3H3,(H,42,50)(H,43,47)(H,44,49)/t26-,28?,31+,32+,39-/m1/s1. The first-order valence-corrected chi connectivity index (χ1v) is 20.7. The molecule has 0 bridgehead atoms. The second-order valence-electron chi connectivity index (χ2n) is 16.2. The molecule has 5 atom stereocenters. The fraction of sp³-hybridized carbons (Fsp3) is 0.564. The molecule has 304 valence electrons. The smallest absolute Gasteiger partial charge is 0.410 e. The Hall–Kier alpha value is -4.80. The molecule has 56 heavy (non-hydrogen) atoms. The first-order valence-electron chi connectivity index (χ1n) is 19.1. The molecule has 3 N–H and O–H groups in total. The number of hydrogen-bond donors (Lipinski definition) is 3. The van der Waals surface area contributed by atoms with Gasteiger partial charge < -0.3 is 25.0 Å². The molecule has 14 nitrogen and oxygen atoms in total. The Bertz CT molecular complexity index is 1980. The van der Waals surface area contributed by atoms with Gasteiger partial charge in [-0.15, -0.1) is 0 Å². The predicted molar refractivity (Wildman–Crippen MR) is 198 cm³/mol. The number of sulfonamides is 1. The zero-order valence-electron chi connectivity index (χ0n) is 31.8. The summed E-state index contributed by atoms with van der Waals surface area (Å²) in [6.45, 7) is 4.90. The van der Waals surface area contributed by atoms with Gasteiger partial charge in [0.2, 0.25) is 21.8 Å². The molecule has 17 heteroatoms. The Morgan fingerprint density at radius 2 is 1.70 bits per heavy atom. The molecule has 5 amide bonds. The zero-order chi connectivity index (χ0) is 40.4. The summed E-state index contributed by atoms with van der Waals surface area (Å²) < 4.78 is 67.9. The second-order valence-corrected chi connectivity index (χ2v) is 17.9. The molecule has 2 aromatic carbocycles. The minimum atomic E-state index is -4.33. The lowest BCUT2D eigenvalue weighted by Gasteiger charge is -2.30. The third kappa shape index (κ3) is 9.76. The predicted octanol–water partition coefficient (Wildman–Crippen LogP) is 4.55. The molecule has 1 saturated carbocycles. The van der Waals surface area contributed by atoms with Gasteiger partial charge in [0.05, 0.1) is 18.8 Å². The number of halogens is 2. The lowest BCUT2D eigenvalue weighted by atomic mass is 10.0. The highest BCUT2D eigenvalue weighted by molar-refractivity contribution is 7.89. The van der Waals surface area contributed by atoms with Crippen LogP contribution in [0.4, 0.5) is 18.4 Å². The van der Waals surface area contributed by atoms with Gasteiger partial charge in [0.1, 0.15) is 41.0 Å². The average molecular weight is 802 g/mol. The number of alkyl carbamates (subject to hydrolysis) is 1. The molecule has 0 spiro atoms. The minimum absolute atomic E-state index is 0.0247. The van der Waals surface area contributed by atoms with Crippen LogP contribution >= 0.6 is 0 Å². The maximum atomic E-state index is 14.5. The number of nitrogens with one attached hydrogen (secondary N) is 3. The number of carbonyl (C=O) groups excluding carboxylic acids is 5. The lowest BCUT2D eigenvalue weighted by Crippen LogP contribution is -2.58. The molecule has 0 aromatic heterocycles. The molecule has 3 fully saturated rings. The van der Waals surface area contributed by atoms with Gasteiger partial charge in [-0.25, -0.2) is 26.8 Å². The van der Waals surface area contributed by atoms with Crippen molar-refractivity contribution in [2.24, 2.45) is 5.92 Å². The normalized spacial score (nSPS) is 25.7. The number of hydrogen-bond acceptors (Lipinski definition) is 9. The summed E-state index contributed by atoms with van der Waals surface area (Å²) >= 11 is 0. The van der Waals surface area contributed by atoms with E-state index in [1.807, 2.05) is 0 Å². The number of fused-ring (bicyclic) bond motifs is 3. The SMILES string of the molecule is CC(C)(C)OC(=O)N[C@H]1CCCCCCC[C@@H]2C[C@@]2(C(=O)NS(=O)(=O)Cc2cccc(F)c2)NC(=O)[C@@H]2CC(OC(=O)N3Cc4cccc(F)c4C3)CN2C1=O. The van der Waals surface area contributed by atoms with E-state index in [2.05, 4.69) is 15.4 Å². The van der Waals surface area contributed by atoms with E-state index in [1.54, 1.807) is 32.9 Å². The summed E-state index contributed by atoms with van der Waals surface area (Å²) in [6.07, 6.45) is 1.72. The monoisotopic (exact) mass is 801 g/mol. The van der Waals surface area contributed by atoms with E-state index in [9.17, 15) is 41.2 Å². The fourth-order valence-corrected chi connectivity index (χ4v) is 9.02. The van der Waals surface area contributed by atoms with Gasteiger partial charge >= 0.3 is 12.2 Å². The third-order valence-electron chi connectivity index (χ3n) is 10.7. The summed E-state index contributed by atoms with van der Waals surface area (Å²) in [6, 6.07) is 7.17. The Labute approximate surface area is 325 Å². The van der Waals surface area contributed by atoms with Crippen LogP contribution in [0.3, 0.4) is 0 Å². The van der Waals surface area contributed by atoms with Crippen molar-refractivity contribution in [3.63, 3.8) is 0 Å². The van der Waals surface area contributed by atoms with Gasteiger partial charge in [-0.2, -0.15) is 0 Å². The van der Waals surface area contributed by atoms with Crippen LogP contribution in [0.15, 0.2) is 42.5 Å². The van der Waals surface area contributed by atoms with Crippen LogP contribution in [0.1, 0.15) is 95.2 Å². The Morgan fingerprint density at radius 3 is 2.41 bits per heavy atom. The highest BCUT2D eigenvalue weighted by Gasteiger charge is 2.62. The van der Waals surface area contributed by atoms with E-state index < -0.39 is 92.6 Å². The van der Waals surface area contributed by atoms with Crippen LogP contribution < -0.4 is 15.4 Å². The maximum Gasteiger partial charge on any atom is 0.410 e. The molecule has 3 aliphatic heterocycles. The molecule has 1 unspecified atom stereocenters. The van der Waals surface area contributed by atoms with Crippen molar-refractivity contribution >= 4 is 39.9 Å². The average Bonchev–Trinajstić information content (AvgIpc) is 3.40. The molecule has 6 rings (SSSR count). The highest BCUT2D eigenvalue weighted by Crippen LogP contribution is 2.48. The van der Waals surface area contributed by atoms with E-state index in [1.165, 1.54) is 34.1 Å². The van der Waals surface area contributed by atoms with Crippen molar-refractivity contribution in [1.82, 2.24) is 25.2 Å². The first kappa shape index (κ1) is 40.9. The number of nitrogens with zero attached hydrogens (tertiary/aromatic N) is 2. The largest absolute Gasteiger partial charge is 0.444 e. The van der Waals surface area contributed by atoms with Gasteiger partial charge in [-0.1, -0.05) is 56.4 Å². The molecular weight excluding hydrogens is 753 g/mol.